The monoisotopic (exact) mass is 428 g/mol. The second-order valence-electron chi connectivity index (χ2n) is 12.6. The van der Waals surface area contributed by atoms with E-state index in [2.05, 4.69) is 27.7 Å². The van der Waals surface area contributed by atoms with Crippen molar-refractivity contribution in [3.8, 4) is 0 Å². The van der Waals surface area contributed by atoms with E-state index in [9.17, 15) is 9.90 Å². The molecule has 1 N–H and O–H groups in total. The lowest BCUT2D eigenvalue weighted by Crippen LogP contribution is -2.63. The van der Waals surface area contributed by atoms with E-state index in [1.165, 1.54) is 52.1 Å². The summed E-state index contributed by atoms with van der Waals surface area (Å²) in [5.74, 6) is 3.74. The van der Waals surface area contributed by atoms with Crippen LogP contribution >= 0.6 is 0 Å². The number of rotatable bonds is 5. The molecule has 0 amide bonds. The second-order valence-corrected chi connectivity index (χ2v) is 12.6. The van der Waals surface area contributed by atoms with Crippen LogP contribution in [-0.2, 0) is 9.53 Å². The third-order valence-corrected chi connectivity index (χ3v) is 11.6. The smallest absolute Gasteiger partial charge is 0.305 e. The molecule has 0 aliphatic heterocycles. The van der Waals surface area contributed by atoms with E-state index < -0.39 is 5.50 Å². The van der Waals surface area contributed by atoms with E-state index in [1.54, 1.807) is 0 Å². The first-order valence-corrected chi connectivity index (χ1v) is 13.1. The van der Waals surface area contributed by atoms with Crippen molar-refractivity contribution in [2.75, 3.05) is 7.11 Å². The van der Waals surface area contributed by atoms with Crippen LogP contribution in [0.5, 0.6) is 0 Å². The third kappa shape index (κ3) is 3.62. The molecule has 0 aromatic carbocycles. The van der Waals surface area contributed by atoms with Crippen molar-refractivity contribution in [3.63, 3.8) is 0 Å². The maximum Gasteiger partial charge on any atom is 0.305 e. The van der Waals surface area contributed by atoms with Crippen LogP contribution in [-0.4, -0.2) is 31.5 Å². The molecule has 0 saturated heterocycles. The highest BCUT2D eigenvalue weighted by Crippen LogP contribution is 2.73. The van der Waals surface area contributed by atoms with Crippen molar-refractivity contribution in [1.29, 1.82) is 0 Å². The molecular weight excluding hydrogens is 383 g/mol. The predicted octanol–water partition coefficient (Wildman–Crippen LogP) is 5.87. The maximum absolute atomic E-state index is 11.6. The lowest BCUT2D eigenvalue weighted by atomic mass is 9.35. The van der Waals surface area contributed by atoms with Gasteiger partial charge in [-0.2, -0.15) is 0 Å². The fraction of sp³-hybridized carbons (Fsp3) is 0.963. The van der Waals surface area contributed by atoms with Gasteiger partial charge in [-0.15, -0.1) is 0 Å². The first-order valence-electron chi connectivity index (χ1n) is 13.1. The van der Waals surface area contributed by atoms with Gasteiger partial charge in [-0.25, -0.2) is 0 Å². The van der Waals surface area contributed by atoms with Gasteiger partial charge < -0.3 is 9.84 Å². The van der Waals surface area contributed by atoms with Gasteiger partial charge in [-0.05, 0) is 110 Å². The molecule has 4 rings (SSSR count). The van der Waals surface area contributed by atoms with E-state index >= 15 is 0 Å². The highest BCUT2D eigenvalue weighted by molar-refractivity contribution is 6.14. The molecule has 4 aliphatic carbocycles. The van der Waals surface area contributed by atoms with Gasteiger partial charge in [0.15, 0.2) is 0 Å². The van der Waals surface area contributed by atoms with E-state index in [4.69, 9.17) is 12.6 Å². The van der Waals surface area contributed by atoms with Crippen molar-refractivity contribution in [3.05, 3.63) is 0 Å². The first kappa shape index (κ1) is 23.6. The number of methoxy groups -OCH3 is 1. The molecule has 3 nitrogen and oxygen atoms in total. The van der Waals surface area contributed by atoms with E-state index in [0.717, 1.165) is 49.4 Å². The summed E-state index contributed by atoms with van der Waals surface area (Å²) in [5.41, 5.74) is -0.137. The normalized spacial score (nSPS) is 51.5. The van der Waals surface area contributed by atoms with E-state index in [0.29, 0.717) is 17.8 Å². The fourth-order valence-corrected chi connectivity index (χ4v) is 9.70. The van der Waals surface area contributed by atoms with Crippen molar-refractivity contribution in [1.82, 2.24) is 0 Å². The van der Waals surface area contributed by atoms with Crippen LogP contribution in [0, 0.1) is 45.8 Å². The molecular formula is C27H45BO3. The molecule has 0 spiro atoms. The summed E-state index contributed by atoms with van der Waals surface area (Å²) in [7, 11) is 7.83. The molecule has 0 aromatic heterocycles. The minimum atomic E-state index is -0.990. The van der Waals surface area contributed by atoms with Crippen LogP contribution in [0.1, 0.15) is 105 Å². The number of fused-ring (bicyclic) bond motifs is 5. The van der Waals surface area contributed by atoms with Gasteiger partial charge in [0.1, 0.15) is 7.85 Å². The van der Waals surface area contributed by atoms with Gasteiger partial charge in [-0.3, -0.25) is 4.79 Å². The zero-order valence-corrected chi connectivity index (χ0v) is 20.7. The number of carbonyl (C=O) groups excluding carboxylic acids is 1. The number of esters is 1. The molecule has 31 heavy (non-hydrogen) atoms. The van der Waals surface area contributed by atoms with Gasteiger partial charge >= 0.3 is 5.97 Å². The van der Waals surface area contributed by atoms with E-state index in [1.807, 2.05) is 0 Å². The molecule has 0 bridgehead atoms. The highest BCUT2D eigenvalue weighted by Gasteiger charge is 2.66. The summed E-state index contributed by atoms with van der Waals surface area (Å²) < 4.78 is 4.86. The van der Waals surface area contributed by atoms with Crippen molar-refractivity contribution >= 4 is 13.8 Å². The summed E-state index contributed by atoms with van der Waals surface area (Å²) in [5, 5.41) is 10.8. The Morgan fingerprint density at radius 2 is 1.77 bits per heavy atom. The minimum Gasteiger partial charge on any atom is -0.469 e. The Morgan fingerprint density at radius 3 is 2.45 bits per heavy atom. The van der Waals surface area contributed by atoms with Gasteiger partial charge in [0, 0.05) is 11.9 Å². The van der Waals surface area contributed by atoms with Crippen molar-refractivity contribution in [2.24, 2.45) is 45.8 Å². The molecule has 9 atom stereocenters. The van der Waals surface area contributed by atoms with Crippen LogP contribution in [0.2, 0.25) is 0 Å². The molecule has 4 heteroatoms. The zero-order chi connectivity index (χ0) is 22.7. The van der Waals surface area contributed by atoms with Crippen molar-refractivity contribution < 1.29 is 14.6 Å². The van der Waals surface area contributed by atoms with Crippen molar-refractivity contribution in [2.45, 2.75) is 110 Å². The Kier molecular flexibility index (Phi) is 6.15. The lowest BCUT2D eigenvalue weighted by molar-refractivity contribution is -0.205. The molecule has 0 aromatic rings. The SMILES string of the molecule is [B]C1(O)CCC2(C)[C@H]3CCC4(C)C(CCCC(=O)OC)CCC4C3C[C@H](CC)C2(C)C1. The standard InChI is InChI=1S/C27H45BO3/c1-6-18-16-20-21-11-10-19(8-7-9-23(29)31-5)24(21,2)13-12-22(20)25(3)14-15-27(28,30)17-26(18,25)4/h18-22,30H,6-17H2,1-5H3/t18-,19?,20?,21?,22-,24?,25?,26?,27?/m0/s1. The second kappa shape index (κ2) is 8.06. The Balaban J connectivity index is 1.56. The predicted molar refractivity (Wildman–Crippen MR) is 126 cm³/mol. The Labute approximate surface area is 191 Å². The summed E-state index contributed by atoms with van der Waals surface area (Å²) >= 11 is 0. The van der Waals surface area contributed by atoms with Gasteiger partial charge in [0.05, 0.1) is 7.11 Å². The fourth-order valence-electron chi connectivity index (χ4n) is 9.70. The summed E-state index contributed by atoms with van der Waals surface area (Å²) in [4.78, 5) is 11.6. The first-order chi connectivity index (χ1) is 14.5. The molecule has 4 fully saturated rings. The average Bonchev–Trinajstić information content (AvgIpc) is 3.04. The molecule has 174 valence electrons. The quantitative estimate of drug-likeness (QED) is 0.440. The van der Waals surface area contributed by atoms with Crippen LogP contribution in [0.4, 0.5) is 0 Å². The lowest BCUT2D eigenvalue weighted by Gasteiger charge is -2.69. The summed E-state index contributed by atoms with van der Waals surface area (Å²) in [6.07, 6.45) is 13.2. The molecule has 4 aliphatic rings. The molecule has 0 heterocycles. The van der Waals surface area contributed by atoms with Crippen LogP contribution in [0.15, 0.2) is 0 Å². The Bertz CT molecular complexity index is 692. The van der Waals surface area contributed by atoms with Gasteiger partial charge in [0.2, 0.25) is 0 Å². The molecule has 4 saturated carbocycles. The van der Waals surface area contributed by atoms with Crippen LogP contribution < -0.4 is 0 Å². The number of ether oxygens (including phenoxy) is 1. The van der Waals surface area contributed by atoms with E-state index in [-0.39, 0.29) is 16.8 Å². The van der Waals surface area contributed by atoms with Gasteiger partial charge in [-0.1, -0.05) is 34.1 Å². The van der Waals surface area contributed by atoms with Crippen LogP contribution in [0.3, 0.4) is 0 Å². The van der Waals surface area contributed by atoms with Gasteiger partial charge in [0.25, 0.3) is 0 Å². The largest absolute Gasteiger partial charge is 0.469 e. The number of carbonyl (C=O) groups is 1. The molecule has 7 unspecified atom stereocenters. The minimum absolute atomic E-state index is 0.0640. The number of aliphatic hydroxyl groups is 1. The Hall–Kier alpha value is -0.505. The number of hydrogen-bond acceptors (Lipinski definition) is 3. The third-order valence-electron chi connectivity index (χ3n) is 11.6. The summed E-state index contributed by atoms with van der Waals surface area (Å²) in [6.45, 7) is 9.97. The maximum atomic E-state index is 11.6. The van der Waals surface area contributed by atoms with Crippen LogP contribution in [0.25, 0.3) is 0 Å². The molecule has 2 radical (unpaired) electrons. The number of hydrogen-bond donors (Lipinski definition) is 1. The summed E-state index contributed by atoms with van der Waals surface area (Å²) in [6, 6.07) is 0. The Morgan fingerprint density at radius 1 is 1.03 bits per heavy atom. The zero-order valence-electron chi connectivity index (χ0n) is 20.7. The topological polar surface area (TPSA) is 46.5 Å². The highest BCUT2D eigenvalue weighted by atomic mass is 16.5. The average molecular weight is 428 g/mol.